The number of carbonyl (C=O) groups excluding carboxylic acids is 2. The van der Waals surface area contributed by atoms with Gasteiger partial charge in [-0.05, 0) is 33.6 Å². The number of hydrogen-bond donors (Lipinski definition) is 2. The third kappa shape index (κ3) is 6.81. The van der Waals surface area contributed by atoms with Gasteiger partial charge in [0, 0.05) is 13.0 Å². The largest absolute Gasteiger partial charge is 0.509 e. The quantitative estimate of drug-likeness (QED) is 0.500. The van der Waals surface area contributed by atoms with Gasteiger partial charge in [0.1, 0.15) is 4.60 Å². The molecule has 0 radical (unpaired) electrons. The summed E-state index contributed by atoms with van der Waals surface area (Å²) in [6, 6.07) is 14.8. The molecule has 0 aliphatic rings. The summed E-state index contributed by atoms with van der Waals surface area (Å²) in [5.74, 6) is -0.517. The van der Waals surface area contributed by atoms with E-state index in [0.29, 0.717) is 16.7 Å². The van der Waals surface area contributed by atoms with E-state index in [0.717, 1.165) is 5.56 Å². The fourth-order valence-electron chi connectivity index (χ4n) is 2.16. The highest BCUT2D eigenvalue weighted by Crippen LogP contribution is 2.23. The number of ether oxygens (including phenoxy) is 2. The first kappa shape index (κ1) is 19.9. The fourth-order valence-corrected chi connectivity index (χ4v) is 2.52. The third-order valence-corrected chi connectivity index (χ3v) is 3.77. The van der Waals surface area contributed by atoms with Crippen LogP contribution in [-0.2, 0) is 20.7 Å². The van der Waals surface area contributed by atoms with Crippen molar-refractivity contribution in [2.45, 2.75) is 12.5 Å². The van der Waals surface area contributed by atoms with E-state index in [9.17, 15) is 9.59 Å². The molecule has 0 fully saturated rings. The van der Waals surface area contributed by atoms with Gasteiger partial charge >= 0.3 is 6.16 Å². The molecule has 0 aliphatic heterocycles. The highest BCUT2D eigenvalue weighted by molar-refractivity contribution is 9.10. The smallest absolute Gasteiger partial charge is 0.424 e. The number of amides is 1. The van der Waals surface area contributed by atoms with Gasteiger partial charge in [0.05, 0.1) is 12.3 Å². The zero-order valence-electron chi connectivity index (χ0n) is 13.9. The highest BCUT2D eigenvalue weighted by Gasteiger charge is 2.21. The molecule has 1 aromatic carbocycles. The van der Waals surface area contributed by atoms with Crippen molar-refractivity contribution in [3.05, 3.63) is 64.4 Å². The Morgan fingerprint density at radius 1 is 1.15 bits per heavy atom. The first-order chi connectivity index (χ1) is 12.6. The minimum absolute atomic E-state index is 0.0931. The van der Waals surface area contributed by atoms with Gasteiger partial charge < -0.3 is 19.9 Å². The SMILES string of the molecule is O=C(COC(=O)OC(Cc1ccccc1)c1cccc(Br)n1)NCCO. The van der Waals surface area contributed by atoms with Crippen LogP contribution in [-0.4, -0.2) is 41.9 Å². The van der Waals surface area contributed by atoms with Gasteiger partial charge in [-0.3, -0.25) is 4.79 Å². The summed E-state index contributed by atoms with van der Waals surface area (Å²) in [5, 5.41) is 11.0. The molecule has 1 heterocycles. The molecule has 0 aliphatic carbocycles. The third-order valence-electron chi connectivity index (χ3n) is 3.32. The Labute approximate surface area is 159 Å². The lowest BCUT2D eigenvalue weighted by molar-refractivity contribution is -0.125. The molecule has 138 valence electrons. The average Bonchev–Trinajstić information content (AvgIpc) is 2.65. The second kappa shape index (κ2) is 10.5. The lowest BCUT2D eigenvalue weighted by atomic mass is 10.1. The molecule has 26 heavy (non-hydrogen) atoms. The zero-order valence-corrected chi connectivity index (χ0v) is 15.5. The number of aromatic nitrogens is 1. The monoisotopic (exact) mass is 422 g/mol. The Morgan fingerprint density at radius 3 is 2.62 bits per heavy atom. The summed E-state index contributed by atoms with van der Waals surface area (Å²) in [6.45, 7) is -0.581. The predicted molar refractivity (Wildman–Crippen MR) is 97.4 cm³/mol. The number of carbonyl (C=O) groups is 2. The predicted octanol–water partition coefficient (Wildman–Crippen LogP) is 2.39. The van der Waals surface area contributed by atoms with Gasteiger partial charge in [0.15, 0.2) is 12.7 Å². The maximum Gasteiger partial charge on any atom is 0.509 e. The van der Waals surface area contributed by atoms with Gasteiger partial charge in [0.25, 0.3) is 5.91 Å². The van der Waals surface area contributed by atoms with Crippen LogP contribution in [0, 0.1) is 0 Å². The van der Waals surface area contributed by atoms with Crippen LogP contribution in [0.4, 0.5) is 4.79 Å². The molecule has 8 heteroatoms. The van der Waals surface area contributed by atoms with Crippen LogP contribution in [0.15, 0.2) is 53.1 Å². The summed E-state index contributed by atoms with van der Waals surface area (Å²) < 4.78 is 10.8. The Morgan fingerprint density at radius 2 is 1.92 bits per heavy atom. The van der Waals surface area contributed by atoms with Crippen LogP contribution in [0.5, 0.6) is 0 Å². The second-order valence-electron chi connectivity index (χ2n) is 5.29. The number of nitrogens with zero attached hydrogens (tertiary/aromatic N) is 1. The van der Waals surface area contributed by atoms with Crippen molar-refractivity contribution >= 4 is 28.0 Å². The van der Waals surface area contributed by atoms with Crippen LogP contribution in [0.2, 0.25) is 0 Å². The first-order valence-electron chi connectivity index (χ1n) is 7.96. The van der Waals surface area contributed by atoms with Gasteiger partial charge in [0.2, 0.25) is 0 Å². The molecule has 1 aromatic heterocycles. The summed E-state index contributed by atoms with van der Waals surface area (Å²) in [5.41, 5.74) is 1.53. The Balaban J connectivity index is 2.01. The Hall–Kier alpha value is -2.45. The van der Waals surface area contributed by atoms with Crippen LogP contribution >= 0.6 is 15.9 Å². The van der Waals surface area contributed by atoms with E-state index in [4.69, 9.17) is 14.6 Å². The molecule has 1 unspecified atom stereocenters. The van der Waals surface area contributed by atoms with E-state index in [1.807, 2.05) is 30.3 Å². The molecule has 0 bridgehead atoms. The standard InChI is InChI=1S/C18H19BrN2O5/c19-16-8-4-7-14(21-16)15(11-13-5-2-1-3-6-13)26-18(24)25-12-17(23)20-9-10-22/h1-8,15,22H,9-12H2,(H,20,23). The average molecular weight is 423 g/mol. The number of halogens is 1. The molecule has 1 amide bonds. The van der Waals surface area contributed by atoms with Crippen LogP contribution in [0.3, 0.4) is 0 Å². The first-order valence-corrected chi connectivity index (χ1v) is 8.75. The maximum absolute atomic E-state index is 12.0. The summed E-state index contributed by atoms with van der Waals surface area (Å²) >= 11 is 3.30. The number of hydrogen-bond acceptors (Lipinski definition) is 6. The molecule has 0 saturated carbocycles. The van der Waals surface area contributed by atoms with Crippen LogP contribution in [0.1, 0.15) is 17.4 Å². The fraction of sp³-hybridized carbons (Fsp3) is 0.278. The number of aliphatic hydroxyl groups excluding tert-OH is 1. The summed E-state index contributed by atoms with van der Waals surface area (Å²) in [7, 11) is 0. The molecule has 1 atom stereocenters. The van der Waals surface area contributed by atoms with E-state index in [-0.39, 0.29) is 13.2 Å². The van der Waals surface area contributed by atoms with E-state index in [1.54, 1.807) is 18.2 Å². The minimum atomic E-state index is -0.966. The number of nitrogens with one attached hydrogen (secondary N) is 1. The maximum atomic E-state index is 12.0. The normalized spacial score (nSPS) is 11.5. The molecule has 2 N–H and O–H groups in total. The Kier molecular flexibility index (Phi) is 8.04. The van der Waals surface area contributed by atoms with Crippen molar-refractivity contribution in [1.29, 1.82) is 0 Å². The summed E-state index contributed by atoms with van der Waals surface area (Å²) in [6.07, 6.45) is -1.22. The number of benzene rings is 1. The van der Waals surface area contributed by atoms with Crippen LogP contribution in [0.25, 0.3) is 0 Å². The van der Waals surface area contributed by atoms with E-state index in [2.05, 4.69) is 26.2 Å². The molecule has 7 nitrogen and oxygen atoms in total. The van der Waals surface area contributed by atoms with Gasteiger partial charge in [-0.25, -0.2) is 9.78 Å². The molecular weight excluding hydrogens is 404 g/mol. The van der Waals surface area contributed by atoms with Crippen molar-refractivity contribution in [3.8, 4) is 0 Å². The van der Waals surface area contributed by atoms with E-state index < -0.39 is 24.8 Å². The number of rotatable bonds is 8. The minimum Gasteiger partial charge on any atom is -0.424 e. The van der Waals surface area contributed by atoms with Gasteiger partial charge in [-0.2, -0.15) is 0 Å². The lowest BCUT2D eigenvalue weighted by Crippen LogP contribution is -2.31. The number of pyridine rings is 1. The van der Waals surface area contributed by atoms with Gasteiger partial charge in [-0.15, -0.1) is 0 Å². The lowest BCUT2D eigenvalue weighted by Gasteiger charge is -2.17. The highest BCUT2D eigenvalue weighted by atomic mass is 79.9. The van der Waals surface area contributed by atoms with E-state index >= 15 is 0 Å². The van der Waals surface area contributed by atoms with Gasteiger partial charge in [-0.1, -0.05) is 36.4 Å². The summed E-state index contributed by atoms with van der Waals surface area (Å²) in [4.78, 5) is 27.7. The number of aliphatic hydroxyl groups is 1. The second-order valence-corrected chi connectivity index (χ2v) is 6.11. The molecule has 0 saturated heterocycles. The zero-order chi connectivity index (χ0) is 18.8. The van der Waals surface area contributed by atoms with Crippen molar-refractivity contribution in [2.24, 2.45) is 0 Å². The van der Waals surface area contributed by atoms with E-state index in [1.165, 1.54) is 0 Å². The van der Waals surface area contributed by atoms with Crippen molar-refractivity contribution in [3.63, 3.8) is 0 Å². The Bertz CT molecular complexity index is 727. The van der Waals surface area contributed by atoms with Crippen molar-refractivity contribution in [1.82, 2.24) is 10.3 Å². The topological polar surface area (TPSA) is 97.8 Å². The molecule has 2 rings (SSSR count). The van der Waals surface area contributed by atoms with Crippen LogP contribution < -0.4 is 5.32 Å². The molecule has 2 aromatic rings. The molecular formula is C18H19BrN2O5. The van der Waals surface area contributed by atoms with Crippen molar-refractivity contribution < 1.29 is 24.2 Å². The molecule has 0 spiro atoms. The van der Waals surface area contributed by atoms with Crippen molar-refractivity contribution in [2.75, 3.05) is 19.8 Å².